The van der Waals surface area contributed by atoms with Crippen LogP contribution in [0.5, 0.6) is 5.75 Å². The number of rotatable bonds is 3. The van der Waals surface area contributed by atoms with Crippen molar-refractivity contribution in [2.75, 3.05) is 26.2 Å². The number of benzene rings is 1. The van der Waals surface area contributed by atoms with Gasteiger partial charge in [0, 0.05) is 31.6 Å². The molecule has 8 heteroatoms. The van der Waals surface area contributed by atoms with E-state index < -0.39 is 6.36 Å². The first-order chi connectivity index (χ1) is 11.3. The Morgan fingerprint density at radius 3 is 2.71 bits per heavy atom. The second kappa shape index (κ2) is 6.16. The maximum atomic E-state index is 12.2. The highest BCUT2D eigenvalue weighted by atomic mass is 19.4. The summed E-state index contributed by atoms with van der Waals surface area (Å²) in [6, 6.07) is 5.28. The Morgan fingerprint density at radius 2 is 2.08 bits per heavy atom. The molecular formula is C16H19F3N2O3. The summed E-state index contributed by atoms with van der Waals surface area (Å²) in [6.45, 7) is 5.29. The van der Waals surface area contributed by atoms with Gasteiger partial charge in [0.2, 0.25) is 0 Å². The van der Waals surface area contributed by atoms with Crippen LogP contribution in [0.25, 0.3) is 0 Å². The van der Waals surface area contributed by atoms with E-state index in [1.807, 2.05) is 0 Å². The van der Waals surface area contributed by atoms with Crippen LogP contribution < -0.4 is 10.1 Å². The lowest BCUT2D eigenvalue weighted by Gasteiger charge is -2.22. The van der Waals surface area contributed by atoms with Gasteiger partial charge in [-0.1, -0.05) is 19.1 Å². The third-order valence-electron chi connectivity index (χ3n) is 4.68. The Bertz CT molecular complexity index is 606. The number of ether oxygens (including phenoxy) is 2. The van der Waals surface area contributed by atoms with Crippen LogP contribution in [0.1, 0.15) is 12.5 Å². The van der Waals surface area contributed by atoms with E-state index in [-0.39, 0.29) is 23.9 Å². The van der Waals surface area contributed by atoms with E-state index in [4.69, 9.17) is 4.74 Å². The quantitative estimate of drug-likeness (QED) is 0.916. The largest absolute Gasteiger partial charge is 0.573 e. The highest BCUT2D eigenvalue weighted by Crippen LogP contribution is 2.38. The van der Waals surface area contributed by atoms with Gasteiger partial charge in [-0.2, -0.15) is 0 Å². The van der Waals surface area contributed by atoms with Crippen LogP contribution in [-0.2, 0) is 11.3 Å². The Kier molecular flexibility index (Phi) is 4.33. The van der Waals surface area contributed by atoms with Crippen molar-refractivity contribution < 1.29 is 27.4 Å². The van der Waals surface area contributed by atoms with Crippen LogP contribution >= 0.6 is 0 Å². The highest BCUT2D eigenvalue weighted by molar-refractivity contribution is 5.68. The van der Waals surface area contributed by atoms with Crippen molar-refractivity contribution in [1.29, 1.82) is 0 Å². The number of carbonyl (C=O) groups is 1. The topological polar surface area (TPSA) is 50.8 Å². The third-order valence-corrected chi connectivity index (χ3v) is 4.68. The summed E-state index contributed by atoms with van der Waals surface area (Å²) in [4.78, 5) is 13.9. The Hall–Kier alpha value is -1.96. The number of nitrogens with one attached hydrogen (secondary N) is 1. The van der Waals surface area contributed by atoms with Crippen molar-refractivity contribution >= 4 is 6.09 Å². The number of likely N-dealkylation sites (tertiary alicyclic amines) is 1. The Labute approximate surface area is 137 Å². The summed E-state index contributed by atoms with van der Waals surface area (Å²) in [5.74, 6) is 0.134. The van der Waals surface area contributed by atoms with Gasteiger partial charge in [-0.3, -0.25) is 0 Å². The summed E-state index contributed by atoms with van der Waals surface area (Å²) in [5.41, 5.74) is 0.695. The molecule has 2 atom stereocenters. The molecule has 2 aliphatic rings. The van der Waals surface area contributed by atoms with Crippen molar-refractivity contribution in [2.24, 2.45) is 11.3 Å². The molecule has 0 bridgehead atoms. The zero-order valence-corrected chi connectivity index (χ0v) is 13.2. The molecule has 0 saturated carbocycles. The van der Waals surface area contributed by atoms with E-state index in [9.17, 15) is 18.0 Å². The van der Waals surface area contributed by atoms with Gasteiger partial charge in [0.05, 0.1) is 0 Å². The predicted octanol–water partition coefficient (Wildman–Crippen LogP) is 2.76. The molecular weight excluding hydrogens is 325 g/mol. The molecule has 1 N–H and O–H groups in total. The molecule has 0 radical (unpaired) electrons. The van der Waals surface area contributed by atoms with Crippen LogP contribution in [0.3, 0.4) is 0 Å². The van der Waals surface area contributed by atoms with Gasteiger partial charge >= 0.3 is 12.5 Å². The molecule has 1 aromatic rings. The summed E-state index contributed by atoms with van der Waals surface area (Å²) in [6.07, 6.45) is -5.10. The van der Waals surface area contributed by atoms with Gasteiger partial charge in [0.25, 0.3) is 0 Å². The zero-order valence-electron chi connectivity index (χ0n) is 13.2. The summed E-state index contributed by atoms with van der Waals surface area (Å²) in [7, 11) is 0. The SMILES string of the molecule is CC12CNCC1CN(C(=O)OCc1ccc(OC(F)(F)F)cc1)C2. The summed E-state index contributed by atoms with van der Waals surface area (Å²) < 4.78 is 45.3. The van der Waals surface area contributed by atoms with Crippen LogP contribution in [0.15, 0.2) is 24.3 Å². The molecule has 2 unspecified atom stereocenters. The van der Waals surface area contributed by atoms with Crippen LogP contribution in [0.2, 0.25) is 0 Å². The van der Waals surface area contributed by atoms with Crippen molar-refractivity contribution in [1.82, 2.24) is 10.2 Å². The molecule has 132 valence electrons. The van der Waals surface area contributed by atoms with E-state index in [0.717, 1.165) is 13.1 Å². The molecule has 24 heavy (non-hydrogen) atoms. The minimum Gasteiger partial charge on any atom is -0.445 e. The molecule has 2 aliphatic heterocycles. The highest BCUT2D eigenvalue weighted by Gasteiger charge is 2.47. The van der Waals surface area contributed by atoms with Gasteiger partial charge in [0.15, 0.2) is 0 Å². The van der Waals surface area contributed by atoms with E-state index >= 15 is 0 Å². The molecule has 3 rings (SSSR count). The first kappa shape index (κ1) is 16.9. The number of hydrogen-bond donors (Lipinski definition) is 1. The average molecular weight is 344 g/mol. The normalized spacial score (nSPS) is 26.3. The first-order valence-electron chi connectivity index (χ1n) is 7.72. The number of hydrogen-bond acceptors (Lipinski definition) is 4. The maximum Gasteiger partial charge on any atom is 0.573 e. The van der Waals surface area contributed by atoms with Gasteiger partial charge in [0.1, 0.15) is 12.4 Å². The van der Waals surface area contributed by atoms with Crippen molar-refractivity contribution in [3.8, 4) is 5.75 Å². The fourth-order valence-electron chi connectivity index (χ4n) is 3.32. The van der Waals surface area contributed by atoms with Crippen LogP contribution in [-0.4, -0.2) is 43.5 Å². The fourth-order valence-corrected chi connectivity index (χ4v) is 3.32. The second-order valence-electron chi connectivity index (χ2n) is 6.61. The van der Waals surface area contributed by atoms with Crippen molar-refractivity contribution in [3.05, 3.63) is 29.8 Å². The summed E-state index contributed by atoms with van der Waals surface area (Å²) in [5, 5.41) is 3.33. The molecule has 1 amide bonds. The van der Waals surface area contributed by atoms with E-state index in [1.165, 1.54) is 24.3 Å². The standard InChI is InChI=1S/C16H19F3N2O3/c1-15-9-20-6-12(15)7-21(10-15)14(22)23-8-11-2-4-13(5-3-11)24-16(17,18)19/h2-5,12,20H,6-10H2,1H3. The van der Waals surface area contributed by atoms with E-state index in [1.54, 1.807) is 4.90 Å². The molecule has 1 aromatic carbocycles. The lowest BCUT2D eigenvalue weighted by atomic mass is 9.83. The second-order valence-corrected chi connectivity index (χ2v) is 6.61. The van der Waals surface area contributed by atoms with E-state index in [0.29, 0.717) is 24.6 Å². The zero-order chi connectivity index (χ0) is 17.4. The first-order valence-corrected chi connectivity index (χ1v) is 7.72. The van der Waals surface area contributed by atoms with Crippen molar-refractivity contribution in [2.45, 2.75) is 19.9 Å². The third kappa shape index (κ3) is 3.75. The van der Waals surface area contributed by atoms with Gasteiger partial charge in [-0.05, 0) is 23.6 Å². The fraction of sp³-hybridized carbons (Fsp3) is 0.562. The molecule has 2 saturated heterocycles. The van der Waals surface area contributed by atoms with Gasteiger partial charge in [-0.15, -0.1) is 13.2 Å². The van der Waals surface area contributed by atoms with Crippen molar-refractivity contribution in [3.63, 3.8) is 0 Å². The number of amides is 1. The predicted molar refractivity (Wildman–Crippen MR) is 79.3 cm³/mol. The molecule has 5 nitrogen and oxygen atoms in total. The van der Waals surface area contributed by atoms with Crippen LogP contribution in [0.4, 0.5) is 18.0 Å². The monoisotopic (exact) mass is 344 g/mol. The van der Waals surface area contributed by atoms with Crippen LogP contribution in [0, 0.1) is 11.3 Å². The smallest absolute Gasteiger partial charge is 0.445 e. The minimum absolute atomic E-state index is 0.0151. The molecule has 0 aliphatic carbocycles. The lowest BCUT2D eigenvalue weighted by molar-refractivity contribution is -0.274. The number of fused-ring (bicyclic) bond motifs is 1. The lowest BCUT2D eigenvalue weighted by Crippen LogP contribution is -2.34. The number of halogens is 3. The number of nitrogens with zero attached hydrogens (tertiary/aromatic N) is 1. The molecule has 0 aromatic heterocycles. The summed E-state index contributed by atoms with van der Waals surface area (Å²) >= 11 is 0. The molecule has 2 heterocycles. The Balaban J connectivity index is 1.50. The van der Waals surface area contributed by atoms with E-state index in [2.05, 4.69) is 17.0 Å². The Morgan fingerprint density at radius 1 is 1.38 bits per heavy atom. The average Bonchev–Trinajstić information content (AvgIpc) is 2.99. The number of carbonyl (C=O) groups excluding carboxylic acids is 1. The van der Waals surface area contributed by atoms with Gasteiger partial charge < -0.3 is 19.7 Å². The molecule has 2 fully saturated rings. The van der Waals surface area contributed by atoms with Gasteiger partial charge in [-0.25, -0.2) is 4.79 Å². The number of alkyl halides is 3. The molecule has 0 spiro atoms. The minimum atomic E-state index is -4.72. The maximum absolute atomic E-state index is 12.2.